The van der Waals surface area contributed by atoms with Gasteiger partial charge >= 0.3 is 0 Å². The van der Waals surface area contributed by atoms with Gasteiger partial charge in [-0.2, -0.15) is 5.10 Å². The smallest absolute Gasteiger partial charge is 0.0793 e. The van der Waals surface area contributed by atoms with Gasteiger partial charge in [-0.05, 0) is 38.1 Å². The van der Waals surface area contributed by atoms with Gasteiger partial charge in [0.2, 0.25) is 0 Å². The van der Waals surface area contributed by atoms with Gasteiger partial charge in [-0.25, -0.2) is 0 Å². The molecule has 130 valence electrons. The zero-order valence-electron chi connectivity index (χ0n) is 14.5. The Kier molecular flexibility index (Phi) is 6.01. The van der Waals surface area contributed by atoms with E-state index in [4.69, 9.17) is 0 Å². The summed E-state index contributed by atoms with van der Waals surface area (Å²) < 4.78 is 2.00. The molecule has 24 heavy (non-hydrogen) atoms. The van der Waals surface area contributed by atoms with Crippen LogP contribution in [-0.2, 0) is 13.1 Å². The summed E-state index contributed by atoms with van der Waals surface area (Å²) in [6.07, 6.45) is 5.91. The quantitative estimate of drug-likeness (QED) is 0.803. The Morgan fingerprint density at radius 3 is 2.88 bits per heavy atom. The van der Waals surface area contributed by atoms with Crippen LogP contribution < -0.4 is 0 Å². The zero-order chi connectivity index (χ0) is 16.8. The molecule has 1 N–H and O–H groups in total. The van der Waals surface area contributed by atoms with Crippen molar-refractivity contribution in [3.8, 4) is 0 Å². The predicted molar refractivity (Wildman–Crippen MR) is 95.6 cm³/mol. The van der Waals surface area contributed by atoms with Crippen LogP contribution in [0.4, 0.5) is 0 Å². The molecule has 2 aromatic rings. The first-order valence-corrected chi connectivity index (χ1v) is 8.83. The minimum Gasteiger partial charge on any atom is -0.390 e. The molecule has 0 bridgehead atoms. The van der Waals surface area contributed by atoms with Crippen molar-refractivity contribution in [2.24, 2.45) is 0 Å². The Morgan fingerprint density at radius 1 is 1.29 bits per heavy atom. The van der Waals surface area contributed by atoms with Crippen molar-refractivity contribution >= 4 is 0 Å². The molecule has 1 saturated heterocycles. The summed E-state index contributed by atoms with van der Waals surface area (Å²) in [6, 6.07) is 12.9. The van der Waals surface area contributed by atoms with Crippen LogP contribution in [0.5, 0.6) is 0 Å². The lowest BCUT2D eigenvalue weighted by Gasteiger charge is -2.28. The Labute approximate surface area is 144 Å². The van der Waals surface area contributed by atoms with E-state index in [1.807, 2.05) is 29.2 Å². The van der Waals surface area contributed by atoms with Gasteiger partial charge in [0.15, 0.2) is 0 Å². The maximum absolute atomic E-state index is 10.5. The fraction of sp³-hybridized carbons (Fsp3) is 0.526. The molecule has 1 fully saturated rings. The number of hydrogen-bond acceptors (Lipinski definition) is 4. The lowest BCUT2D eigenvalue weighted by Crippen LogP contribution is -2.42. The molecule has 0 unspecified atom stereocenters. The third-order valence-corrected chi connectivity index (χ3v) is 4.72. The topological polar surface area (TPSA) is 44.5 Å². The van der Waals surface area contributed by atoms with Crippen LogP contribution in [0.25, 0.3) is 0 Å². The van der Waals surface area contributed by atoms with Gasteiger partial charge in [0.05, 0.1) is 12.6 Å². The predicted octanol–water partition coefficient (Wildman–Crippen LogP) is 1.84. The van der Waals surface area contributed by atoms with E-state index in [2.05, 4.69) is 46.2 Å². The summed E-state index contributed by atoms with van der Waals surface area (Å²) in [5.74, 6) is 0. The van der Waals surface area contributed by atoms with Crippen LogP contribution in [0.3, 0.4) is 0 Å². The van der Waals surface area contributed by atoms with Gasteiger partial charge in [0.25, 0.3) is 0 Å². The molecular weight excluding hydrogens is 300 g/mol. The first kappa shape index (κ1) is 17.1. The van der Waals surface area contributed by atoms with Crippen LogP contribution in [-0.4, -0.2) is 63.5 Å². The van der Waals surface area contributed by atoms with E-state index in [1.165, 1.54) is 18.4 Å². The number of β-amino-alcohol motifs (C(OH)–C–C–N with tert-alkyl or cyclic N) is 1. The van der Waals surface area contributed by atoms with E-state index < -0.39 is 0 Å². The number of rotatable bonds is 8. The number of aromatic nitrogens is 2. The molecule has 0 aliphatic carbocycles. The molecule has 5 nitrogen and oxygen atoms in total. The Hall–Kier alpha value is -1.69. The number of aliphatic hydroxyl groups is 1. The van der Waals surface area contributed by atoms with Crippen molar-refractivity contribution in [2.75, 3.05) is 26.7 Å². The summed E-state index contributed by atoms with van der Waals surface area (Å²) in [5.41, 5.74) is 1.28. The van der Waals surface area contributed by atoms with Crippen LogP contribution in [0, 0.1) is 0 Å². The van der Waals surface area contributed by atoms with Gasteiger partial charge < -0.3 is 5.11 Å². The SMILES string of the molecule is CN(Cc1ccccc1)C[C@H](O)CN1CCC[C@@H]1Cn1cccn1. The molecule has 1 aliphatic heterocycles. The monoisotopic (exact) mass is 328 g/mol. The average Bonchev–Trinajstić information content (AvgIpc) is 3.21. The van der Waals surface area contributed by atoms with Crippen molar-refractivity contribution in [1.29, 1.82) is 0 Å². The van der Waals surface area contributed by atoms with E-state index in [1.54, 1.807) is 0 Å². The molecule has 1 aromatic carbocycles. The van der Waals surface area contributed by atoms with Gasteiger partial charge in [-0.1, -0.05) is 30.3 Å². The molecule has 0 saturated carbocycles. The number of hydrogen-bond donors (Lipinski definition) is 1. The number of benzene rings is 1. The van der Waals surface area contributed by atoms with E-state index in [-0.39, 0.29) is 6.10 Å². The minimum absolute atomic E-state index is 0.322. The normalized spacial score (nSPS) is 19.9. The molecule has 1 aliphatic rings. The summed E-state index contributed by atoms with van der Waals surface area (Å²) >= 11 is 0. The molecule has 1 aromatic heterocycles. The van der Waals surface area contributed by atoms with E-state index in [0.717, 1.165) is 26.2 Å². The average molecular weight is 328 g/mol. The Balaban J connectivity index is 1.45. The second-order valence-electron chi connectivity index (χ2n) is 6.86. The Morgan fingerprint density at radius 2 is 2.12 bits per heavy atom. The highest BCUT2D eigenvalue weighted by Gasteiger charge is 2.26. The highest BCUT2D eigenvalue weighted by Crippen LogP contribution is 2.19. The zero-order valence-corrected chi connectivity index (χ0v) is 14.5. The summed E-state index contributed by atoms with van der Waals surface area (Å²) in [4.78, 5) is 4.61. The second-order valence-corrected chi connectivity index (χ2v) is 6.86. The van der Waals surface area contributed by atoms with Crippen molar-refractivity contribution in [3.05, 3.63) is 54.4 Å². The minimum atomic E-state index is -0.322. The maximum atomic E-state index is 10.5. The van der Waals surface area contributed by atoms with Gasteiger partial charge in [-0.3, -0.25) is 14.5 Å². The molecular formula is C19H28N4O. The standard InChI is InChI=1S/C19H28N4O/c1-21(13-17-7-3-2-4-8-17)15-19(24)16-22-11-5-9-18(22)14-23-12-6-10-20-23/h2-4,6-8,10,12,18-19,24H,5,9,11,13-16H2,1H3/t18-,19+/m1/s1. The van der Waals surface area contributed by atoms with Crippen LogP contribution in [0.1, 0.15) is 18.4 Å². The maximum Gasteiger partial charge on any atom is 0.0793 e. The van der Waals surface area contributed by atoms with E-state index in [9.17, 15) is 5.11 Å². The third-order valence-electron chi connectivity index (χ3n) is 4.72. The van der Waals surface area contributed by atoms with Crippen molar-refractivity contribution in [2.45, 2.75) is 38.1 Å². The highest BCUT2D eigenvalue weighted by atomic mass is 16.3. The molecule has 0 amide bonds. The van der Waals surface area contributed by atoms with E-state index >= 15 is 0 Å². The second kappa shape index (κ2) is 8.42. The third kappa shape index (κ3) is 4.90. The first-order valence-electron chi connectivity index (χ1n) is 8.83. The summed E-state index contributed by atoms with van der Waals surface area (Å²) in [5, 5.41) is 14.8. The van der Waals surface area contributed by atoms with Gasteiger partial charge in [0.1, 0.15) is 0 Å². The molecule has 3 rings (SSSR count). The van der Waals surface area contributed by atoms with Crippen molar-refractivity contribution in [1.82, 2.24) is 19.6 Å². The van der Waals surface area contributed by atoms with Gasteiger partial charge in [-0.15, -0.1) is 0 Å². The number of aliphatic hydroxyl groups excluding tert-OH is 1. The largest absolute Gasteiger partial charge is 0.390 e. The van der Waals surface area contributed by atoms with E-state index in [0.29, 0.717) is 12.6 Å². The first-order chi connectivity index (χ1) is 11.7. The summed E-state index contributed by atoms with van der Waals surface area (Å²) in [7, 11) is 2.07. The molecule has 2 heterocycles. The van der Waals surface area contributed by atoms with Crippen molar-refractivity contribution < 1.29 is 5.11 Å². The number of likely N-dealkylation sites (N-methyl/N-ethyl adjacent to an activating group) is 1. The van der Waals surface area contributed by atoms with Crippen molar-refractivity contribution in [3.63, 3.8) is 0 Å². The molecule has 5 heteroatoms. The summed E-state index contributed by atoms with van der Waals surface area (Å²) in [6.45, 7) is 4.30. The fourth-order valence-corrected chi connectivity index (χ4v) is 3.61. The Bertz CT molecular complexity index is 587. The lowest BCUT2D eigenvalue weighted by atomic mass is 10.2. The van der Waals surface area contributed by atoms with Gasteiger partial charge in [0, 0.05) is 38.1 Å². The molecule has 2 atom stereocenters. The lowest BCUT2D eigenvalue weighted by molar-refractivity contribution is 0.0717. The fourth-order valence-electron chi connectivity index (χ4n) is 3.61. The highest BCUT2D eigenvalue weighted by molar-refractivity contribution is 5.14. The molecule has 0 spiro atoms. The molecule has 0 radical (unpaired) electrons. The van der Waals surface area contributed by atoms with Crippen LogP contribution >= 0.6 is 0 Å². The number of nitrogens with zero attached hydrogens (tertiary/aromatic N) is 4. The van der Waals surface area contributed by atoms with Crippen LogP contribution in [0.15, 0.2) is 48.8 Å². The van der Waals surface area contributed by atoms with Crippen LogP contribution in [0.2, 0.25) is 0 Å². The number of likely N-dealkylation sites (tertiary alicyclic amines) is 1.